The molecule has 106 valence electrons. The number of rotatable bonds is 3. The molecule has 2 unspecified atom stereocenters. The van der Waals surface area contributed by atoms with Crippen LogP contribution in [0.25, 0.3) is 0 Å². The Bertz CT molecular complexity index is 439. The van der Waals surface area contributed by atoms with Crippen molar-refractivity contribution >= 4 is 0 Å². The predicted octanol–water partition coefficient (Wildman–Crippen LogP) is 4.24. The van der Waals surface area contributed by atoms with Gasteiger partial charge in [-0.3, -0.25) is 4.98 Å². The molecule has 1 aromatic rings. The summed E-state index contributed by atoms with van der Waals surface area (Å²) in [5.74, 6) is 0. The molecule has 1 fully saturated rings. The van der Waals surface area contributed by atoms with E-state index in [9.17, 15) is 0 Å². The highest BCUT2D eigenvalue weighted by Gasteiger charge is 2.35. The summed E-state index contributed by atoms with van der Waals surface area (Å²) in [4.78, 5) is 4.63. The van der Waals surface area contributed by atoms with Gasteiger partial charge in [-0.2, -0.15) is 0 Å². The maximum atomic E-state index is 4.63. The molecule has 0 aromatic carbocycles. The van der Waals surface area contributed by atoms with Gasteiger partial charge in [-0.15, -0.1) is 0 Å². The first-order chi connectivity index (χ1) is 8.81. The van der Waals surface area contributed by atoms with E-state index in [2.05, 4.69) is 57.9 Å². The van der Waals surface area contributed by atoms with E-state index in [-0.39, 0.29) is 0 Å². The molecule has 1 aliphatic rings. The lowest BCUT2D eigenvalue weighted by atomic mass is 9.86. The van der Waals surface area contributed by atoms with Crippen LogP contribution in [0.4, 0.5) is 0 Å². The van der Waals surface area contributed by atoms with Crippen LogP contribution in [0.3, 0.4) is 0 Å². The second-order valence-electron chi connectivity index (χ2n) is 6.90. The lowest BCUT2D eigenvalue weighted by molar-refractivity contribution is 0.266. The molecule has 1 heterocycles. The molecule has 1 N–H and O–H groups in total. The average molecular weight is 260 g/mol. The van der Waals surface area contributed by atoms with Crippen LogP contribution in [0.15, 0.2) is 6.07 Å². The highest BCUT2D eigenvalue weighted by atomic mass is 15.0. The molecule has 0 amide bonds. The summed E-state index contributed by atoms with van der Waals surface area (Å²) in [7, 11) is 0. The molecule has 2 rings (SSSR count). The molecule has 0 aliphatic heterocycles. The summed E-state index contributed by atoms with van der Waals surface area (Å²) in [5, 5.41) is 3.85. The largest absolute Gasteiger partial charge is 0.307 e. The van der Waals surface area contributed by atoms with Gasteiger partial charge in [0.2, 0.25) is 0 Å². The van der Waals surface area contributed by atoms with Gasteiger partial charge < -0.3 is 5.32 Å². The molecule has 2 atom stereocenters. The fourth-order valence-corrected chi connectivity index (χ4v) is 3.71. The fraction of sp³-hybridized carbons (Fsp3) is 0.706. The van der Waals surface area contributed by atoms with Gasteiger partial charge in [-0.25, -0.2) is 0 Å². The van der Waals surface area contributed by atoms with Crippen LogP contribution in [-0.4, -0.2) is 11.0 Å². The van der Waals surface area contributed by atoms with E-state index in [1.165, 1.54) is 36.1 Å². The van der Waals surface area contributed by atoms with Crippen molar-refractivity contribution in [2.75, 3.05) is 0 Å². The van der Waals surface area contributed by atoms with E-state index in [1.807, 2.05) is 0 Å². The minimum Gasteiger partial charge on any atom is -0.307 e. The van der Waals surface area contributed by atoms with E-state index in [0.717, 1.165) is 5.69 Å². The van der Waals surface area contributed by atoms with Crippen LogP contribution < -0.4 is 5.32 Å². The monoisotopic (exact) mass is 260 g/mol. The topological polar surface area (TPSA) is 24.9 Å². The van der Waals surface area contributed by atoms with Gasteiger partial charge in [-0.1, -0.05) is 20.3 Å². The number of pyridine rings is 1. The normalized spacial score (nSPS) is 23.6. The van der Waals surface area contributed by atoms with Crippen molar-refractivity contribution in [1.29, 1.82) is 0 Å². The lowest BCUT2D eigenvalue weighted by Crippen LogP contribution is -2.39. The molecular formula is C17H28N2. The summed E-state index contributed by atoms with van der Waals surface area (Å²) >= 11 is 0. The van der Waals surface area contributed by atoms with Gasteiger partial charge in [0.25, 0.3) is 0 Å². The van der Waals surface area contributed by atoms with Gasteiger partial charge in [0.1, 0.15) is 0 Å². The molecule has 0 saturated heterocycles. The van der Waals surface area contributed by atoms with Crippen molar-refractivity contribution < 1.29 is 0 Å². The summed E-state index contributed by atoms with van der Waals surface area (Å²) < 4.78 is 0. The number of aromatic nitrogens is 1. The van der Waals surface area contributed by atoms with E-state index < -0.39 is 0 Å². The predicted molar refractivity (Wildman–Crippen MR) is 81.4 cm³/mol. The third-order valence-corrected chi connectivity index (χ3v) is 4.73. The van der Waals surface area contributed by atoms with Crippen LogP contribution in [0.1, 0.15) is 68.6 Å². The van der Waals surface area contributed by atoms with Crippen LogP contribution in [0, 0.1) is 26.2 Å². The standard InChI is InChI=1S/C17H28N2/c1-11-10-12(2)18-13(3)16(11)14(4)19-15-8-7-9-17(15,5)6/h10,14-15,19H,7-9H2,1-6H3. The molecule has 0 bridgehead atoms. The molecule has 1 saturated carbocycles. The van der Waals surface area contributed by atoms with Crippen molar-refractivity contribution in [3.05, 3.63) is 28.6 Å². The molecular weight excluding hydrogens is 232 g/mol. The SMILES string of the molecule is Cc1cc(C)c(C(C)NC2CCCC2(C)C)c(C)n1. The Balaban J connectivity index is 2.19. The maximum Gasteiger partial charge on any atom is 0.0426 e. The van der Waals surface area contributed by atoms with E-state index in [0.29, 0.717) is 17.5 Å². The lowest BCUT2D eigenvalue weighted by Gasteiger charge is -2.32. The van der Waals surface area contributed by atoms with E-state index in [1.54, 1.807) is 0 Å². The average Bonchev–Trinajstić information content (AvgIpc) is 2.56. The Morgan fingerprint density at radius 2 is 2.00 bits per heavy atom. The zero-order chi connectivity index (χ0) is 14.2. The number of aryl methyl sites for hydroxylation is 3. The Hall–Kier alpha value is -0.890. The summed E-state index contributed by atoms with van der Waals surface area (Å²) in [6, 6.07) is 3.21. The first-order valence-corrected chi connectivity index (χ1v) is 7.52. The number of nitrogens with zero attached hydrogens (tertiary/aromatic N) is 1. The van der Waals surface area contributed by atoms with Gasteiger partial charge in [0, 0.05) is 23.5 Å². The number of nitrogens with one attached hydrogen (secondary N) is 1. The van der Waals surface area contributed by atoms with Crippen LogP contribution in [0.5, 0.6) is 0 Å². The highest BCUT2D eigenvalue weighted by Crippen LogP contribution is 2.38. The minimum atomic E-state index is 0.385. The first-order valence-electron chi connectivity index (χ1n) is 7.52. The quantitative estimate of drug-likeness (QED) is 0.879. The van der Waals surface area contributed by atoms with Crippen molar-refractivity contribution in [3.63, 3.8) is 0 Å². The van der Waals surface area contributed by atoms with Crippen molar-refractivity contribution in [2.45, 2.75) is 72.9 Å². The van der Waals surface area contributed by atoms with Crippen molar-refractivity contribution in [3.8, 4) is 0 Å². The first kappa shape index (κ1) is 14.5. The fourth-order valence-electron chi connectivity index (χ4n) is 3.71. The third-order valence-electron chi connectivity index (χ3n) is 4.73. The molecule has 2 heteroatoms. The summed E-state index contributed by atoms with van der Waals surface area (Å²) in [6.45, 7) is 13.5. The zero-order valence-electron chi connectivity index (χ0n) is 13.3. The molecule has 2 nitrogen and oxygen atoms in total. The maximum absolute atomic E-state index is 4.63. The molecule has 1 aliphatic carbocycles. The van der Waals surface area contributed by atoms with E-state index >= 15 is 0 Å². The third kappa shape index (κ3) is 3.00. The second kappa shape index (κ2) is 5.24. The van der Waals surface area contributed by atoms with Gasteiger partial charge >= 0.3 is 0 Å². The van der Waals surface area contributed by atoms with Gasteiger partial charge in [-0.05, 0) is 63.1 Å². The smallest absolute Gasteiger partial charge is 0.0426 e. The van der Waals surface area contributed by atoms with Gasteiger partial charge in [0.15, 0.2) is 0 Å². The Morgan fingerprint density at radius 3 is 2.53 bits per heavy atom. The Labute approximate surface area is 118 Å². The van der Waals surface area contributed by atoms with E-state index in [4.69, 9.17) is 0 Å². The van der Waals surface area contributed by atoms with Crippen LogP contribution in [-0.2, 0) is 0 Å². The highest BCUT2D eigenvalue weighted by molar-refractivity contribution is 5.33. The minimum absolute atomic E-state index is 0.385. The zero-order valence-corrected chi connectivity index (χ0v) is 13.3. The Morgan fingerprint density at radius 1 is 1.32 bits per heavy atom. The molecule has 1 aromatic heterocycles. The van der Waals surface area contributed by atoms with Crippen LogP contribution >= 0.6 is 0 Å². The molecule has 19 heavy (non-hydrogen) atoms. The van der Waals surface area contributed by atoms with Gasteiger partial charge in [0.05, 0.1) is 0 Å². The molecule has 0 radical (unpaired) electrons. The summed E-state index contributed by atoms with van der Waals surface area (Å²) in [6.07, 6.45) is 3.98. The van der Waals surface area contributed by atoms with Crippen LogP contribution in [0.2, 0.25) is 0 Å². The van der Waals surface area contributed by atoms with Crippen molar-refractivity contribution in [1.82, 2.24) is 10.3 Å². The number of hydrogen-bond donors (Lipinski definition) is 1. The Kier molecular flexibility index (Phi) is 4.00. The van der Waals surface area contributed by atoms with Crippen molar-refractivity contribution in [2.24, 2.45) is 5.41 Å². The summed E-state index contributed by atoms with van der Waals surface area (Å²) in [5.41, 5.74) is 5.46. The second-order valence-corrected chi connectivity index (χ2v) is 6.90. The molecule has 0 spiro atoms. The number of hydrogen-bond acceptors (Lipinski definition) is 2.